The van der Waals surface area contributed by atoms with Crippen LogP contribution in [0.4, 0.5) is 0 Å². The minimum atomic E-state index is -1.04. The summed E-state index contributed by atoms with van der Waals surface area (Å²) in [6, 6.07) is 5.07. The van der Waals surface area contributed by atoms with Gasteiger partial charge in [0.1, 0.15) is 5.75 Å². The van der Waals surface area contributed by atoms with Crippen LogP contribution < -0.4 is 4.74 Å². The zero-order valence-electron chi connectivity index (χ0n) is 7.69. The van der Waals surface area contributed by atoms with Crippen molar-refractivity contribution in [2.24, 2.45) is 0 Å². The molecule has 0 saturated carbocycles. The number of benzene rings is 1. The van der Waals surface area contributed by atoms with Crippen LogP contribution >= 0.6 is 0 Å². The molecule has 1 unspecified atom stereocenters. The largest absolute Gasteiger partial charge is 0.497 e. The van der Waals surface area contributed by atoms with E-state index in [4.69, 9.17) is 4.74 Å². The summed E-state index contributed by atoms with van der Waals surface area (Å²) in [6.45, 7) is 0. The first kappa shape index (κ1) is 9.02. The highest BCUT2D eigenvalue weighted by Crippen LogP contribution is 2.23. The molecule has 1 atom stereocenters. The number of fused-ring (bicyclic) bond motifs is 1. The molecule has 0 radical (unpaired) electrons. The van der Waals surface area contributed by atoms with Crippen LogP contribution in [0, 0.1) is 0 Å². The maximum atomic E-state index is 11.3. The Kier molecular flexibility index (Phi) is 2.13. The highest BCUT2D eigenvalue weighted by molar-refractivity contribution is 5.92. The number of hydrogen-bond acceptors (Lipinski definition) is 4. The number of hydrogen-bond donors (Lipinski definition) is 1. The van der Waals surface area contributed by atoms with E-state index in [9.17, 15) is 9.90 Å². The molecule has 0 bridgehead atoms. The molecule has 74 valence electrons. The van der Waals surface area contributed by atoms with Crippen LogP contribution in [-0.2, 0) is 11.2 Å². The van der Waals surface area contributed by atoms with Crippen molar-refractivity contribution in [1.82, 2.24) is 0 Å². The zero-order valence-corrected chi connectivity index (χ0v) is 7.69. The van der Waals surface area contributed by atoms with E-state index < -0.39 is 12.3 Å². The van der Waals surface area contributed by atoms with Crippen LogP contribution in [0.15, 0.2) is 18.2 Å². The standard InChI is InChI=1S/C10H10O4/c1-13-7-2-3-8-6(4-7)5-9(11)14-10(8)12/h2-4,9,11H,5H2,1H3. The van der Waals surface area contributed by atoms with E-state index in [1.165, 1.54) is 0 Å². The minimum Gasteiger partial charge on any atom is -0.497 e. The summed E-state index contributed by atoms with van der Waals surface area (Å²) in [5.74, 6) is 0.187. The fourth-order valence-electron chi connectivity index (χ4n) is 1.48. The van der Waals surface area contributed by atoms with E-state index in [-0.39, 0.29) is 0 Å². The van der Waals surface area contributed by atoms with Crippen molar-refractivity contribution in [3.63, 3.8) is 0 Å². The van der Waals surface area contributed by atoms with Gasteiger partial charge in [-0.1, -0.05) is 0 Å². The molecule has 0 aromatic heterocycles. The van der Waals surface area contributed by atoms with E-state index in [1.807, 2.05) is 0 Å². The molecule has 0 fully saturated rings. The van der Waals surface area contributed by atoms with Gasteiger partial charge in [0.05, 0.1) is 12.7 Å². The van der Waals surface area contributed by atoms with Crippen LogP contribution in [0.3, 0.4) is 0 Å². The van der Waals surface area contributed by atoms with Gasteiger partial charge in [0.15, 0.2) is 0 Å². The Balaban J connectivity index is 2.44. The Morgan fingerprint density at radius 3 is 3.07 bits per heavy atom. The molecule has 1 aliphatic heterocycles. The molecule has 0 spiro atoms. The van der Waals surface area contributed by atoms with Gasteiger partial charge >= 0.3 is 5.97 Å². The second kappa shape index (κ2) is 3.31. The Labute approximate surface area is 81.1 Å². The van der Waals surface area contributed by atoms with E-state index in [0.717, 1.165) is 5.56 Å². The summed E-state index contributed by atoms with van der Waals surface area (Å²) in [5, 5.41) is 9.21. The zero-order chi connectivity index (χ0) is 10.1. The van der Waals surface area contributed by atoms with Crippen LogP contribution in [-0.4, -0.2) is 24.5 Å². The van der Waals surface area contributed by atoms with Gasteiger partial charge in [-0.2, -0.15) is 0 Å². The fraction of sp³-hybridized carbons (Fsp3) is 0.300. The number of esters is 1. The summed E-state index contributed by atoms with van der Waals surface area (Å²) in [5.41, 5.74) is 1.25. The average molecular weight is 194 g/mol. The third-order valence-corrected chi connectivity index (χ3v) is 2.17. The minimum absolute atomic E-state index is 0.318. The molecular formula is C10H10O4. The summed E-state index contributed by atoms with van der Waals surface area (Å²) in [6.07, 6.45) is -0.722. The third kappa shape index (κ3) is 1.44. The number of cyclic esters (lactones) is 1. The summed E-state index contributed by atoms with van der Waals surface area (Å²) in [7, 11) is 1.55. The van der Waals surface area contributed by atoms with Crippen LogP contribution in [0.1, 0.15) is 15.9 Å². The highest BCUT2D eigenvalue weighted by atomic mass is 16.6. The van der Waals surface area contributed by atoms with Crippen LogP contribution in [0.25, 0.3) is 0 Å². The smallest absolute Gasteiger partial charge is 0.340 e. The quantitative estimate of drug-likeness (QED) is 0.669. The number of methoxy groups -OCH3 is 1. The maximum Gasteiger partial charge on any atom is 0.340 e. The van der Waals surface area contributed by atoms with Gasteiger partial charge in [-0.25, -0.2) is 4.79 Å². The molecule has 4 heteroatoms. The van der Waals surface area contributed by atoms with E-state index in [2.05, 4.69) is 4.74 Å². The van der Waals surface area contributed by atoms with Crippen molar-refractivity contribution < 1.29 is 19.4 Å². The molecule has 0 saturated heterocycles. The van der Waals surface area contributed by atoms with E-state index in [1.54, 1.807) is 25.3 Å². The number of aliphatic hydroxyl groups excluding tert-OH is 1. The molecule has 1 heterocycles. The Morgan fingerprint density at radius 1 is 1.57 bits per heavy atom. The molecule has 2 rings (SSSR count). The molecule has 14 heavy (non-hydrogen) atoms. The molecular weight excluding hydrogens is 184 g/mol. The number of carbonyl (C=O) groups excluding carboxylic acids is 1. The molecule has 1 aromatic carbocycles. The van der Waals surface area contributed by atoms with Crippen molar-refractivity contribution in [3.8, 4) is 5.75 Å². The number of carbonyl (C=O) groups is 1. The molecule has 1 aliphatic rings. The van der Waals surface area contributed by atoms with Gasteiger partial charge < -0.3 is 14.6 Å². The first-order valence-electron chi connectivity index (χ1n) is 4.26. The molecule has 1 N–H and O–H groups in total. The number of aliphatic hydroxyl groups is 1. The highest BCUT2D eigenvalue weighted by Gasteiger charge is 2.24. The average Bonchev–Trinajstić information content (AvgIpc) is 2.16. The van der Waals surface area contributed by atoms with Crippen molar-refractivity contribution in [2.75, 3.05) is 7.11 Å². The molecule has 4 nitrogen and oxygen atoms in total. The SMILES string of the molecule is COc1ccc2c(c1)CC(O)OC2=O. The third-order valence-electron chi connectivity index (χ3n) is 2.17. The number of rotatable bonds is 1. The van der Waals surface area contributed by atoms with Gasteiger partial charge in [0.2, 0.25) is 6.29 Å². The molecule has 0 amide bonds. The van der Waals surface area contributed by atoms with Gasteiger partial charge in [-0.05, 0) is 23.8 Å². The van der Waals surface area contributed by atoms with Crippen molar-refractivity contribution in [3.05, 3.63) is 29.3 Å². The Morgan fingerprint density at radius 2 is 2.36 bits per heavy atom. The van der Waals surface area contributed by atoms with Crippen molar-refractivity contribution in [1.29, 1.82) is 0 Å². The molecule has 1 aromatic rings. The predicted molar refractivity (Wildman–Crippen MR) is 48.1 cm³/mol. The van der Waals surface area contributed by atoms with E-state index >= 15 is 0 Å². The normalized spacial score (nSPS) is 19.9. The lowest BCUT2D eigenvalue weighted by Gasteiger charge is -2.20. The van der Waals surface area contributed by atoms with Crippen LogP contribution in [0.5, 0.6) is 5.75 Å². The van der Waals surface area contributed by atoms with Crippen LogP contribution in [0.2, 0.25) is 0 Å². The summed E-state index contributed by atoms with van der Waals surface area (Å²) in [4.78, 5) is 11.3. The lowest BCUT2D eigenvalue weighted by Crippen LogP contribution is -2.27. The lowest BCUT2D eigenvalue weighted by molar-refractivity contribution is -0.0687. The predicted octanol–water partition coefficient (Wildman–Crippen LogP) is 0.726. The summed E-state index contributed by atoms with van der Waals surface area (Å²) >= 11 is 0. The topological polar surface area (TPSA) is 55.8 Å². The van der Waals surface area contributed by atoms with Gasteiger partial charge in [-0.3, -0.25) is 0 Å². The fourth-order valence-corrected chi connectivity index (χ4v) is 1.48. The van der Waals surface area contributed by atoms with E-state index in [0.29, 0.717) is 17.7 Å². The Bertz CT molecular complexity index is 372. The maximum absolute atomic E-state index is 11.3. The van der Waals surface area contributed by atoms with Gasteiger partial charge in [0, 0.05) is 6.42 Å². The van der Waals surface area contributed by atoms with Crippen molar-refractivity contribution >= 4 is 5.97 Å². The molecule has 0 aliphatic carbocycles. The number of ether oxygens (including phenoxy) is 2. The second-order valence-corrected chi connectivity index (χ2v) is 3.09. The first-order chi connectivity index (χ1) is 6.70. The first-order valence-corrected chi connectivity index (χ1v) is 4.26. The van der Waals surface area contributed by atoms with Gasteiger partial charge in [-0.15, -0.1) is 0 Å². The van der Waals surface area contributed by atoms with Gasteiger partial charge in [0.25, 0.3) is 0 Å². The lowest BCUT2D eigenvalue weighted by atomic mass is 10.0. The second-order valence-electron chi connectivity index (χ2n) is 3.09. The van der Waals surface area contributed by atoms with Crippen molar-refractivity contribution in [2.45, 2.75) is 12.7 Å². The Hall–Kier alpha value is -1.55. The monoisotopic (exact) mass is 194 g/mol. The summed E-state index contributed by atoms with van der Waals surface area (Å²) < 4.78 is 9.68.